The zero-order valence-electron chi connectivity index (χ0n) is 9.15. The van der Waals surface area contributed by atoms with Crippen molar-refractivity contribution >= 4 is 0 Å². The third-order valence-corrected chi connectivity index (χ3v) is 2.89. The van der Waals surface area contributed by atoms with Crippen LogP contribution in [-0.2, 0) is 0 Å². The van der Waals surface area contributed by atoms with Crippen LogP contribution in [0, 0.1) is 6.92 Å². The van der Waals surface area contributed by atoms with E-state index < -0.39 is 0 Å². The molecule has 0 spiro atoms. The molecule has 1 fully saturated rings. The van der Waals surface area contributed by atoms with E-state index in [0.29, 0.717) is 12.1 Å². The largest absolute Gasteiger partial charge is 0.474 e. The van der Waals surface area contributed by atoms with Crippen LogP contribution in [0.2, 0.25) is 0 Å². The predicted molar refractivity (Wildman–Crippen MR) is 59.8 cm³/mol. The van der Waals surface area contributed by atoms with Gasteiger partial charge < -0.3 is 10.5 Å². The summed E-state index contributed by atoms with van der Waals surface area (Å²) in [7, 11) is 0. The molecule has 0 bridgehead atoms. The Balaban J connectivity index is 1.89. The number of aromatic nitrogens is 1. The summed E-state index contributed by atoms with van der Waals surface area (Å²) in [6, 6.07) is 4.33. The minimum atomic E-state index is 0.306. The van der Waals surface area contributed by atoms with E-state index in [0.717, 1.165) is 37.1 Å². The number of nitrogens with two attached hydrogens (primary N) is 1. The van der Waals surface area contributed by atoms with Gasteiger partial charge in [-0.05, 0) is 38.2 Å². The molecule has 1 heterocycles. The lowest BCUT2D eigenvalue weighted by Crippen LogP contribution is -2.31. The van der Waals surface area contributed by atoms with Crippen LogP contribution in [-0.4, -0.2) is 17.1 Å². The highest BCUT2D eigenvalue weighted by atomic mass is 16.5. The number of aryl methyl sites for hydroxylation is 1. The summed E-state index contributed by atoms with van der Waals surface area (Å²) >= 11 is 0. The quantitative estimate of drug-likeness (QED) is 0.805. The van der Waals surface area contributed by atoms with Crippen molar-refractivity contribution in [3.63, 3.8) is 0 Å². The number of rotatable bonds is 2. The topological polar surface area (TPSA) is 48.1 Å². The summed E-state index contributed by atoms with van der Waals surface area (Å²) < 4.78 is 5.79. The number of nitrogens with zero attached hydrogens (tertiary/aromatic N) is 1. The summed E-state index contributed by atoms with van der Waals surface area (Å²) in [6.45, 7) is 2.02. The first kappa shape index (κ1) is 10.4. The zero-order chi connectivity index (χ0) is 10.7. The van der Waals surface area contributed by atoms with Gasteiger partial charge in [0.25, 0.3) is 0 Å². The van der Waals surface area contributed by atoms with E-state index in [1.165, 1.54) is 0 Å². The molecule has 1 aromatic heterocycles. The molecule has 0 radical (unpaired) electrons. The molecule has 15 heavy (non-hydrogen) atoms. The maximum Gasteiger partial charge on any atom is 0.213 e. The minimum Gasteiger partial charge on any atom is -0.474 e. The predicted octanol–water partition coefficient (Wildman–Crippen LogP) is 2.04. The molecule has 0 unspecified atom stereocenters. The lowest BCUT2D eigenvalue weighted by Gasteiger charge is -2.26. The van der Waals surface area contributed by atoms with Crippen LogP contribution in [0.25, 0.3) is 0 Å². The average Bonchev–Trinajstić information content (AvgIpc) is 2.25. The Morgan fingerprint density at radius 2 is 2.00 bits per heavy atom. The molecule has 82 valence electrons. The first-order valence-electron chi connectivity index (χ1n) is 5.59. The van der Waals surface area contributed by atoms with Crippen LogP contribution >= 0.6 is 0 Å². The van der Waals surface area contributed by atoms with Crippen molar-refractivity contribution in [1.82, 2.24) is 4.98 Å². The van der Waals surface area contributed by atoms with Crippen molar-refractivity contribution in [2.75, 3.05) is 0 Å². The van der Waals surface area contributed by atoms with E-state index >= 15 is 0 Å². The number of hydrogen-bond donors (Lipinski definition) is 1. The monoisotopic (exact) mass is 206 g/mol. The van der Waals surface area contributed by atoms with Crippen molar-refractivity contribution in [2.24, 2.45) is 5.73 Å². The van der Waals surface area contributed by atoms with E-state index in [4.69, 9.17) is 10.5 Å². The fraction of sp³-hybridized carbons (Fsp3) is 0.583. The number of hydrogen-bond acceptors (Lipinski definition) is 3. The van der Waals surface area contributed by atoms with Crippen molar-refractivity contribution in [3.8, 4) is 5.88 Å². The van der Waals surface area contributed by atoms with Crippen LogP contribution in [0.3, 0.4) is 0 Å². The molecule has 1 aliphatic rings. The number of ether oxygens (including phenoxy) is 1. The van der Waals surface area contributed by atoms with Gasteiger partial charge >= 0.3 is 0 Å². The molecule has 0 amide bonds. The summed E-state index contributed by atoms with van der Waals surface area (Å²) in [4.78, 5) is 4.24. The summed E-state index contributed by atoms with van der Waals surface area (Å²) in [5, 5.41) is 0. The van der Waals surface area contributed by atoms with Gasteiger partial charge in [0.05, 0.1) is 0 Å². The molecular formula is C12H18N2O. The van der Waals surface area contributed by atoms with Gasteiger partial charge in [-0.1, -0.05) is 6.07 Å². The van der Waals surface area contributed by atoms with Crippen molar-refractivity contribution in [2.45, 2.75) is 44.8 Å². The van der Waals surface area contributed by atoms with Gasteiger partial charge in [0.15, 0.2) is 0 Å². The van der Waals surface area contributed by atoms with Gasteiger partial charge in [-0.3, -0.25) is 0 Å². The highest BCUT2D eigenvalue weighted by molar-refractivity contribution is 5.16. The van der Waals surface area contributed by atoms with Crippen molar-refractivity contribution in [3.05, 3.63) is 23.9 Å². The molecule has 1 aromatic rings. The average molecular weight is 206 g/mol. The molecule has 2 N–H and O–H groups in total. The fourth-order valence-corrected chi connectivity index (χ4v) is 1.90. The smallest absolute Gasteiger partial charge is 0.213 e. The molecule has 0 aromatic carbocycles. The Labute approximate surface area is 90.7 Å². The van der Waals surface area contributed by atoms with Gasteiger partial charge in [-0.15, -0.1) is 0 Å². The summed E-state index contributed by atoms with van der Waals surface area (Å²) in [5.41, 5.74) is 7.00. The molecule has 0 saturated heterocycles. The van der Waals surface area contributed by atoms with Gasteiger partial charge in [0.1, 0.15) is 6.10 Å². The third kappa shape index (κ3) is 2.93. The first-order chi connectivity index (χ1) is 7.24. The van der Waals surface area contributed by atoms with Gasteiger partial charge in [0, 0.05) is 18.3 Å². The molecule has 0 atom stereocenters. The SMILES string of the molecule is Cc1ccc(OC2CCC(N)CC2)nc1. The van der Waals surface area contributed by atoms with Gasteiger partial charge in [0.2, 0.25) is 5.88 Å². The Morgan fingerprint density at radius 3 is 2.60 bits per heavy atom. The Kier molecular flexibility index (Phi) is 3.21. The summed E-state index contributed by atoms with van der Waals surface area (Å²) in [5.74, 6) is 0.737. The molecule has 1 saturated carbocycles. The second-order valence-corrected chi connectivity index (χ2v) is 4.33. The van der Waals surface area contributed by atoms with Crippen LogP contribution in [0.15, 0.2) is 18.3 Å². The van der Waals surface area contributed by atoms with Crippen molar-refractivity contribution < 1.29 is 4.74 Å². The minimum absolute atomic E-state index is 0.306. The Hall–Kier alpha value is -1.09. The van der Waals surface area contributed by atoms with E-state index in [2.05, 4.69) is 4.98 Å². The van der Waals surface area contributed by atoms with Crippen LogP contribution in [0.4, 0.5) is 0 Å². The lowest BCUT2D eigenvalue weighted by molar-refractivity contribution is 0.141. The molecule has 3 heteroatoms. The Bertz CT molecular complexity index is 302. The summed E-state index contributed by atoms with van der Waals surface area (Å²) in [6.07, 6.45) is 6.38. The van der Waals surface area contributed by atoms with Crippen LogP contribution in [0.5, 0.6) is 5.88 Å². The number of pyridine rings is 1. The van der Waals surface area contributed by atoms with Gasteiger partial charge in [-0.2, -0.15) is 0 Å². The van der Waals surface area contributed by atoms with E-state index in [9.17, 15) is 0 Å². The highest BCUT2D eigenvalue weighted by Gasteiger charge is 2.19. The van der Waals surface area contributed by atoms with E-state index in [1.54, 1.807) is 0 Å². The standard InChI is InChI=1S/C12H18N2O/c1-9-2-7-12(14-8-9)15-11-5-3-10(13)4-6-11/h2,7-8,10-11H,3-6,13H2,1H3. The lowest BCUT2D eigenvalue weighted by atomic mass is 9.94. The molecule has 1 aliphatic carbocycles. The molecule has 3 nitrogen and oxygen atoms in total. The van der Waals surface area contributed by atoms with Crippen LogP contribution in [0.1, 0.15) is 31.2 Å². The van der Waals surface area contributed by atoms with Crippen molar-refractivity contribution in [1.29, 1.82) is 0 Å². The second kappa shape index (κ2) is 4.62. The van der Waals surface area contributed by atoms with Gasteiger partial charge in [-0.25, -0.2) is 4.98 Å². The molecule has 2 rings (SSSR count). The normalized spacial score (nSPS) is 26.3. The highest BCUT2D eigenvalue weighted by Crippen LogP contribution is 2.21. The zero-order valence-corrected chi connectivity index (χ0v) is 9.15. The van der Waals surface area contributed by atoms with Crippen LogP contribution < -0.4 is 10.5 Å². The van der Waals surface area contributed by atoms with E-state index in [1.807, 2.05) is 25.3 Å². The fourth-order valence-electron chi connectivity index (χ4n) is 1.90. The second-order valence-electron chi connectivity index (χ2n) is 4.33. The first-order valence-corrected chi connectivity index (χ1v) is 5.59. The maximum absolute atomic E-state index is 5.84. The Morgan fingerprint density at radius 1 is 1.27 bits per heavy atom. The maximum atomic E-state index is 5.84. The third-order valence-electron chi connectivity index (χ3n) is 2.89. The van der Waals surface area contributed by atoms with E-state index in [-0.39, 0.29) is 0 Å². The molecule has 0 aliphatic heterocycles. The molecular weight excluding hydrogens is 188 g/mol.